The third kappa shape index (κ3) is 4.80. The van der Waals surface area contributed by atoms with E-state index in [0.717, 1.165) is 48.7 Å². The number of nitrogens with zero attached hydrogens (tertiary/aromatic N) is 3. The largest absolute Gasteiger partial charge is 0.466 e. The van der Waals surface area contributed by atoms with Crippen molar-refractivity contribution >= 4 is 55.3 Å². The number of carbonyl (C=O) groups is 2. The molecular weight excluding hydrogens is 482 g/mol. The number of esters is 1. The maximum Gasteiger partial charge on any atom is 0.313 e. The van der Waals surface area contributed by atoms with Crippen molar-refractivity contribution in [2.24, 2.45) is 0 Å². The molecule has 0 spiro atoms. The predicted octanol–water partition coefficient (Wildman–Crippen LogP) is 5.37. The van der Waals surface area contributed by atoms with Crippen LogP contribution >= 0.6 is 23.1 Å². The van der Waals surface area contributed by atoms with Gasteiger partial charge in [-0.2, -0.15) is 0 Å². The fraction of sp³-hybridized carbons (Fsp3) is 0.346. The van der Waals surface area contributed by atoms with E-state index < -0.39 is 5.97 Å². The van der Waals surface area contributed by atoms with Crippen molar-refractivity contribution in [3.63, 3.8) is 0 Å². The summed E-state index contributed by atoms with van der Waals surface area (Å²) in [5.41, 5.74) is 4.85. The number of ether oxygens (including phenoxy) is 2. The highest BCUT2D eigenvalue weighted by Crippen LogP contribution is 2.44. The van der Waals surface area contributed by atoms with Crippen LogP contribution in [0.2, 0.25) is 0 Å². The molecule has 0 unspecified atom stereocenters. The predicted molar refractivity (Wildman–Crippen MR) is 138 cm³/mol. The molecule has 0 N–H and O–H groups in total. The molecule has 0 radical (unpaired) electrons. The summed E-state index contributed by atoms with van der Waals surface area (Å²) in [7, 11) is 0. The number of pyridine rings is 1. The van der Waals surface area contributed by atoms with Crippen LogP contribution in [-0.2, 0) is 32.1 Å². The van der Waals surface area contributed by atoms with Gasteiger partial charge in [-0.15, -0.1) is 11.3 Å². The van der Waals surface area contributed by atoms with Crippen LogP contribution in [0.1, 0.15) is 38.3 Å². The van der Waals surface area contributed by atoms with Gasteiger partial charge >= 0.3 is 5.97 Å². The van der Waals surface area contributed by atoms with Gasteiger partial charge in [0, 0.05) is 22.9 Å². The molecule has 180 valence electrons. The van der Waals surface area contributed by atoms with Gasteiger partial charge in [0.2, 0.25) is 0 Å². The Labute approximate surface area is 211 Å². The molecule has 1 aliphatic heterocycles. The Balaban J connectivity index is 1.59. The molecule has 1 aromatic carbocycles. The maximum atomic E-state index is 12.3. The number of thioether (sulfide) groups is 1. The Kier molecular flexibility index (Phi) is 6.57. The molecule has 1 aliphatic rings. The lowest BCUT2D eigenvalue weighted by Gasteiger charge is -2.33. The molecule has 0 saturated carbocycles. The smallest absolute Gasteiger partial charge is 0.313 e. The summed E-state index contributed by atoms with van der Waals surface area (Å²) in [6, 6.07) is 10.2. The molecule has 4 heterocycles. The molecule has 0 amide bonds. The van der Waals surface area contributed by atoms with E-state index in [-0.39, 0.29) is 30.2 Å². The van der Waals surface area contributed by atoms with E-state index in [9.17, 15) is 9.59 Å². The van der Waals surface area contributed by atoms with Crippen molar-refractivity contribution in [3.05, 3.63) is 47.8 Å². The molecular formula is C26H25N3O4S2. The average molecular weight is 508 g/mol. The lowest BCUT2D eigenvalue weighted by Crippen LogP contribution is -2.32. The van der Waals surface area contributed by atoms with E-state index >= 15 is 0 Å². The summed E-state index contributed by atoms with van der Waals surface area (Å²) >= 11 is 2.86. The lowest BCUT2D eigenvalue weighted by atomic mass is 9.88. The van der Waals surface area contributed by atoms with Crippen LogP contribution in [-0.4, -0.2) is 44.7 Å². The van der Waals surface area contributed by atoms with E-state index in [4.69, 9.17) is 14.5 Å². The van der Waals surface area contributed by atoms with Crippen LogP contribution in [0, 0.1) is 0 Å². The Morgan fingerprint density at radius 3 is 2.74 bits per heavy atom. The minimum absolute atomic E-state index is 0.140. The molecule has 0 fully saturated rings. The highest BCUT2D eigenvalue weighted by atomic mass is 32.2. The normalized spacial score (nSPS) is 14.7. The highest BCUT2D eigenvalue weighted by molar-refractivity contribution is 8.00. The minimum atomic E-state index is -0.498. The van der Waals surface area contributed by atoms with Crippen molar-refractivity contribution in [2.45, 2.75) is 50.8 Å². The van der Waals surface area contributed by atoms with E-state index in [0.29, 0.717) is 6.61 Å². The van der Waals surface area contributed by atoms with Crippen LogP contribution < -0.4 is 0 Å². The second-order valence-corrected chi connectivity index (χ2v) is 10.9. The highest BCUT2D eigenvalue weighted by Gasteiger charge is 2.32. The average Bonchev–Trinajstić information content (AvgIpc) is 3.21. The van der Waals surface area contributed by atoms with Gasteiger partial charge in [0.15, 0.2) is 5.78 Å². The van der Waals surface area contributed by atoms with Gasteiger partial charge in [0.25, 0.3) is 0 Å². The Hall–Kier alpha value is -2.88. The molecule has 3 aromatic heterocycles. The van der Waals surface area contributed by atoms with E-state index in [1.54, 1.807) is 18.3 Å². The second-order valence-electron chi connectivity index (χ2n) is 8.96. The fourth-order valence-corrected chi connectivity index (χ4v) is 6.39. The molecule has 4 aromatic rings. The number of hydrogen-bond acceptors (Lipinski definition) is 9. The molecule has 9 heteroatoms. The summed E-state index contributed by atoms with van der Waals surface area (Å²) < 4.78 is 12.0. The number of ketones is 1. The first-order valence-corrected chi connectivity index (χ1v) is 13.2. The molecule has 0 bridgehead atoms. The van der Waals surface area contributed by atoms with Crippen LogP contribution in [0.25, 0.3) is 31.7 Å². The third-order valence-electron chi connectivity index (χ3n) is 5.86. The monoisotopic (exact) mass is 507 g/mol. The first kappa shape index (κ1) is 23.8. The fourth-order valence-electron chi connectivity index (χ4n) is 4.30. The van der Waals surface area contributed by atoms with E-state index in [1.807, 2.05) is 18.2 Å². The minimum Gasteiger partial charge on any atom is -0.466 e. The van der Waals surface area contributed by atoms with Gasteiger partial charge in [0.05, 0.1) is 40.5 Å². The summed E-state index contributed by atoms with van der Waals surface area (Å²) in [6.45, 7) is 6.67. The molecule has 7 nitrogen and oxygen atoms in total. The van der Waals surface area contributed by atoms with Crippen molar-refractivity contribution in [1.82, 2.24) is 15.0 Å². The quantitative estimate of drug-likeness (QED) is 0.143. The van der Waals surface area contributed by atoms with E-state index in [2.05, 4.69) is 35.9 Å². The van der Waals surface area contributed by atoms with Crippen molar-refractivity contribution in [3.8, 4) is 11.3 Å². The number of rotatable bonds is 7. The first-order valence-electron chi connectivity index (χ1n) is 11.4. The SMILES string of the molecule is CCOC(=O)CC(=O)CSc1ncnc2c1sc1nc(-c3ccccc3)c3c(c12)CC(C)(C)OC3. The molecule has 35 heavy (non-hydrogen) atoms. The van der Waals surface area contributed by atoms with Gasteiger partial charge < -0.3 is 9.47 Å². The number of thiophene rings is 1. The van der Waals surface area contributed by atoms with Gasteiger partial charge in [-0.25, -0.2) is 15.0 Å². The second kappa shape index (κ2) is 9.64. The Bertz CT molecular complexity index is 1430. The lowest BCUT2D eigenvalue weighted by molar-refractivity contribution is -0.145. The maximum absolute atomic E-state index is 12.3. The third-order valence-corrected chi connectivity index (χ3v) is 8.12. The zero-order chi connectivity index (χ0) is 24.6. The van der Waals surface area contributed by atoms with Gasteiger partial charge in [-0.1, -0.05) is 42.1 Å². The zero-order valence-corrected chi connectivity index (χ0v) is 21.4. The Morgan fingerprint density at radius 2 is 1.97 bits per heavy atom. The topological polar surface area (TPSA) is 91.3 Å². The standard InChI is InChI=1S/C26H25N3O4S2/c1-4-32-19(31)10-16(30)13-34-25-23-22(27-14-28-25)20-17-11-26(2,3)33-12-18(17)21(29-24(20)35-23)15-8-6-5-7-9-15/h5-9,14H,4,10-13H2,1-3H3. The molecule has 0 saturated heterocycles. The number of benzene rings is 1. The summed E-state index contributed by atoms with van der Waals surface area (Å²) in [5.74, 6) is -0.551. The van der Waals surface area contributed by atoms with E-state index in [1.165, 1.54) is 23.7 Å². The molecule has 0 atom stereocenters. The summed E-state index contributed by atoms with van der Waals surface area (Å²) in [6.07, 6.45) is 2.05. The van der Waals surface area contributed by atoms with Crippen LogP contribution in [0.4, 0.5) is 0 Å². The van der Waals surface area contributed by atoms with Crippen molar-refractivity contribution < 1.29 is 19.1 Å². The number of carbonyl (C=O) groups excluding carboxylic acids is 2. The van der Waals surface area contributed by atoms with Gasteiger partial charge in [-0.05, 0) is 26.3 Å². The number of fused-ring (bicyclic) bond motifs is 5. The number of aromatic nitrogens is 3. The summed E-state index contributed by atoms with van der Waals surface area (Å²) in [5, 5.41) is 1.76. The van der Waals surface area contributed by atoms with Crippen LogP contribution in [0.15, 0.2) is 41.7 Å². The Morgan fingerprint density at radius 1 is 1.17 bits per heavy atom. The van der Waals surface area contributed by atoms with Crippen molar-refractivity contribution in [1.29, 1.82) is 0 Å². The zero-order valence-electron chi connectivity index (χ0n) is 19.8. The van der Waals surface area contributed by atoms with Crippen LogP contribution in [0.5, 0.6) is 0 Å². The van der Waals surface area contributed by atoms with Gasteiger partial charge in [-0.3, -0.25) is 9.59 Å². The number of hydrogen-bond donors (Lipinski definition) is 0. The van der Waals surface area contributed by atoms with Gasteiger partial charge in [0.1, 0.15) is 22.6 Å². The molecule has 5 rings (SSSR count). The van der Waals surface area contributed by atoms with Crippen LogP contribution in [0.3, 0.4) is 0 Å². The van der Waals surface area contributed by atoms with Crippen molar-refractivity contribution in [2.75, 3.05) is 12.4 Å². The summed E-state index contributed by atoms with van der Waals surface area (Å²) in [4.78, 5) is 39.0. The molecule has 0 aliphatic carbocycles. The first-order chi connectivity index (χ1) is 16.9. The number of Topliss-reactive ketones (excluding diaryl/α,β-unsaturated/α-hetero) is 1.